The van der Waals surface area contributed by atoms with Gasteiger partial charge in [0.25, 0.3) is 0 Å². The zero-order chi connectivity index (χ0) is 19.6. The predicted molar refractivity (Wildman–Crippen MR) is 114 cm³/mol. The summed E-state index contributed by atoms with van der Waals surface area (Å²) >= 11 is 3.02. The summed E-state index contributed by atoms with van der Waals surface area (Å²) in [7, 11) is 0. The number of carbonyl (C=O) groups is 1. The molecule has 29 heavy (non-hydrogen) atoms. The standard InChI is InChI=1S/C21H15N3O3S2/c25-20(12-28-21-23-15-6-2-4-8-19(15)29-21)22-11-14-10-18(27-24-14)17-9-13-5-1-3-7-16(13)26-17/h1-10H,11-12H2,(H,22,25). The number of aromatic nitrogens is 2. The van der Waals surface area contributed by atoms with Crippen molar-refractivity contribution >= 4 is 50.2 Å². The van der Waals surface area contributed by atoms with Gasteiger partial charge in [0.2, 0.25) is 11.7 Å². The molecule has 2 aromatic carbocycles. The average molecular weight is 422 g/mol. The molecule has 1 N–H and O–H groups in total. The fraction of sp³-hybridized carbons (Fsp3) is 0.0952. The largest absolute Gasteiger partial charge is 0.453 e. The van der Waals surface area contributed by atoms with Gasteiger partial charge in [0.15, 0.2) is 10.1 Å². The summed E-state index contributed by atoms with van der Waals surface area (Å²) < 4.78 is 13.1. The second kappa shape index (κ2) is 7.73. The van der Waals surface area contributed by atoms with Gasteiger partial charge in [-0.25, -0.2) is 4.98 Å². The Hall–Kier alpha value is -3.10. The smallest absolute Gasteiger partial charge is 0.230 e. The molecule has 5 aromatic rings. The zero-order valence-electron chi connectivity index (χ0n) is 15.1. The Morgan fingerprint density at radius 1 is 1.07 bits per heavy atom. The number of hydrogen-bond donors (Lipinski definition) is 1. The minimum Gasteiger partial charge on any atom is -0.453 e. The third-order valence-electron chi connectivity index (χ3n) is 4.30. The van der Waals surface area contributed by atoms with Gasteiger partial charge in [-0.1, -0.05) is 47.3 Å². The van der Waals surface area contributed by atoms with Crippen molar-refractivity contribution in [3.8, 4) is 11.5 Å². The van der Waals surface area contributed by atoms with Crippen LogP contribution in [-0.4, -0.2) is 21.8 Å². The maximum Gasteiger partial charge on any atom is 0.230 e. The first kappa shape index (κ1) is 18.0. The summed E-state index contributed by atoms with van der Waals surface area (Å²) in [4.78, 5) is 16.7. The van der Waals surface area contributed by atoms with E-state index in [0.29, 0.717) is 29.5 Å². The van der Waals surface area contributed by atoms with Crippen LogP contribution < -0.4 is 5.32 Å². The normalized spacial score (nSPS) is 11.3. The summed E-state index contributed by atoms with van der Waals surface area (Å²) in [5.41, 5.74) is 2.39. The first-order valence-electron chi connectivity index (χ1n) is 8.94. The Bertz CT molecular complexity index is 1240. The van der Waals surface area contributed by atoms with Crippen LogP contribution >= 0.6 is 23.1 Å². The van der Waals surface area contributed by atoms with E-state index in [1.807, 2.05) is 54.6 Å². The maximum atomic E-state index is 12.2. The third-order valence-corrected chi connectivity index (χ3v) is 6.47. The highest BCUT2D eigenvalue weighted by molar-refractivity contribution is 8.01. The number of hydrogen-bond acceptors (Lipinski definition) is 7. The number of rotatable bonds is 6. The molecule has 3 aromatic heterocycles. The fourth-order valence-electron chi connectivity index (χ4n) is 2.89. The van der Waals surface area contributed by atoms with Crippen molar-refractivity contribution in [2.45, 2.75) is 10.9 Å². The molecule has 0 fully saturated rings. The quantitative estimate of drug-likeness (QED) is 0.384. The molecule has 8 heteroatoms. The van der Waals surface area contributed by atoms with Crippen molar-refractivity contribution in [3.05, 3.63) is 66.4 Å². The molecule has 0 aliphatic rings. The van der Waals surface area contributed by atoms with Crippen LogP contribution in [0.5, 0.6) is 0 Å². The van der Waals surface area contributed by atoms with Gasteiger partial charge in [-0.15, -0.1) is 11.3 Å². The van der Waals surface area contributed by atoms with E-state index >= 15 is 0 Å². The third kappa shape index (κ3) is 3.90. The topological polar surface area (TPSA) is 81.2 Å². The highest BCUT2D eigenvalue weighted by Crippen LogP contribution is 2.29. The van der Waals surface area contributed by atoms with Gasteiger partial charge < -0.3 is 14.3 Å². The summed E-state index contributed by atoms with van der Waals surface area (Å²) in [5.74, 6) is 1.37. The number of benzene rings is 2. The molecule has 0 radical (unpaired) electrons. The Kier molecular flexibility index (Phi) is 4.79. The minimum absolute atomic E-state index is 0.0810. The number of nitrogens with zero attached hydrogens (tertiary/aromatic N) is 2. The Morgan fingerprint density at radius 3 is 2.83 bits per heavy atom. The highest BCUT2D eigenvalue weighted by atomic mass is 32.2. The van der Waals surface area contributed by atoms with Gasteiger partial charge in [0, 0.05) is 11.5 Å². The second-order valence-corrected chi connectivity index (χ2v) is 8.60. The summed E-state index contributed by atoms with van der Waals surface area (Å²) in [6.07, 6.45) is 0. The van der Waals surface area contributed by atoms with Gasteiger partial charge in [0.1, 0.15) is 11.3 Å². The predicted octanol–water partition coefficient (Wildman–Crippen LogP) is 5.11. The highest BCUT2D eigenvalue weighted by Gasteiger charge is 2.13. The van der Waals surface area contributed by atoms with Crippen LogP contribution in [0.15, 0.2) is 73.9 Å². The fourth-order valence-corrected chi connectivity index (χ4v) is 4.79. The van der Waals surface area contributed by atoms with E-state index < -0.39 is 0 Å². The van der Waals surface area contributed by atoms with Crippen LogP contribution in [0.2, 0.25) is 0 Å². The van der Waals surface area contributed by atoms with Gasteiger partial charge in [-0.2, -0.15) is 0 Å². The van der Waals surface area contributed by atoms with E-state index in [9.17, 15) is 4.79 Å². The molecule has 0 aliphatic heterocycles. The number of thioether (sulfide) groups is 1. The van der Waals surface area contributed by atoms with Gasteiger partial charge >= 0.3 is 0 Å². The number of thiazole rings is 1. The minimum atomic E-state index is -0.0810. The van der Waals surface area contributed by atoms with Crippen LogP contribution in [0.1, 0.15) is 5.69 Å². The molecule has 0 saturated carbocycles. The zero-order valence-corrected chi connectivity index (χ0v) is 16.8. The van der Waals surface area contributed by atoms with Crippen molar-refractivity contribution in [1.82, 2.24) is 15.5 Å². The van der Waals surface area contributed by atoms with Crippen LogP contribution in [0, 0.1) is 0 Å². The van der Waals surface area contributed by atoms with E-state index in [1.54, 1.807) is 17.4 Å². The number of carbonyl (C=O) groups excluding carboxylic acids is 1. The van der Waals surface area contributed by atoms with Crippen LogP contribution in [0.3, 0.4) is 0 Å². The molecule has 5 rings (SSSR count). The molecule has 3 heterocycles. The summed E-state index contributed by atoms with van der Waals surface area (Å²) in [6, 6.07) is 19.4. The molecular weight excluding hydrogens is 406 g/mol. The van der Waals surface area contributed by atoms with E-state index in [2.05, 4.69) is 15.5 Å². The number of furan rings is 1. The van der Waals surface area contributed by atoms with Crippen molar-refractivity contribution in [2.75, 3.05) is 5.75 Å². The number of para-hydroxylation sites is 2. The van der Waals surface area contributed by atoms with Crippen LogP contribution in [0.25, 0.3) is 32.7 Å². The molecule has 0 atom stereocenters. The second-order valence-electron chi connectivity index (χ2n) is 6.34. The van der Waals surface area contributed by atoms with E-state index in [-0.39, 0.29) is 5.91 Å². The summed E-state index contributed by atoms with van der Waals surface area (Å²) in [6.45, 7) is 0.295. The Labute approximate surface area is 173 Å². The van der Waals surface area contributed by atoms with Gasteiger partial charge in [-0.05, 0) is 24.3 Å². The van der Waals surface area contributed by atoms with Crippen LogP contribution in [-0.2, 0) is 11.3 Å². The first-order valence-corrected chi connectivity index (χ1v) is 10.7. The van der Waals surface area contributed by atoms with Gasteiger partial charge in [-0.3, -0.25) is 4.79 Å². The maximum absolute atomic E-state index is 12.2. The molecule has 0 unspecified atom stereocenters. The lowest BCUT2D eigenvalue weighted by Gasteiger charge is -2.00. The lowest BCUT2D eigenvalue weighted by atomic mass is 10.2. The number of nitrogens with one attached hydrogen (secondary N) is 1. The van der Waals surface area contributed by atoms with E-state index in [1.165, 1.54) is 11.8 Å². The molecule has 0 saturated heterocycles. The molecule has 0 bridgehead atoms. The number of fused-ring (bicyclic) bond motifs is 2. The lowest BCUT2D eigenvalue weighted by molar-refractivity contribution is -0.118. The first-order chi connectivity index (χ1) is 14.2. The monoisotopic (exact) mass is 421 g/mol. The van der Waals surface area contributed by atoms with Crippen molar-refractivity contribution in [3.63, 3.8) is 0 Å². The molecule has 0 spiro atoms. The molecular formula is C21H15N3O3S2. The van der Waals surface area contributed by atoms with E-state index in [4.69, 9.17) is 8.94 Å². The molecule has 1 amide bonds. The van der Waals surface area contributed by atoms with Crippen LogP contribution in [0.4, 0.5) is 0 Å². The Balaban J connectivity index is 1.17. The molecule has 0 aliphatic carbocycles. The van der Waals surface area contributed by atoms with Crippen molar-refractivity contribution in [1.29, 1.82) is 0 Å². The molecule has 144 valence electrons. The van der Waals surface area contributed by atoms with E-state index in [0.717, 1.165) is 25.5 Å². The van der Waals surface area contributed by atoms with Crippen molar-refractivity contribution < 1.29 is 13.7 Å². The van der Waals surface area contributed by atoms with Gasteiger partial charge in [0.05, 0.1) is 22.5 Å². The lowest BCUT2D eigenvalue weighted by Crippen LogP contribution is -2.24. The average Bonchev–Trinajstić information content (AvgIpc) is 3.47. The summed E-state index contributed by atoms with van der Waals surface area (Å²) in [5, 5.41) is 7.87. The molecule has 6 nitrogen and oxygen atoms in total. The van der Waals surface area contributed by atoms with Crippen molar-refractivity contribution in [2.24, 2.45) is 0 Å². The SMILES string of the molecule is O=C(CSc1nc2ccccc2s1)NCc1cc(-c2cc3ccccc3o2)on1. The number of amides is 1. The Morgan fingerprint density at radius 2 is 1.93 bits per heavy atom.